The molecule has 1 amide bonds. The van der Waals surface area contributed by atoms with Crippen molar-refractivity contribution in [1.82, 2.24) is 0 Å². The molecule has 0 radical (unpaired) electrons. The van der Waals surface area contributed by atoms with Gasteiger partial charge >= 0.3 is 0 Å². The van der Waals surface area contributed by atoms with Crippen LogP contribution < -0.4 is 9.64 Å². The van der Waals surface area contributed by atoms with Crippen LogP contribution in [0.5, 0.6) is 5.75 Å². The van der Waals surface area contributed by atoms with E-state index in [1.165, 1.54) is 0 Å². The minimum atomic E-state index is -0.979. The number of rotatable bonds is 6. The van der Waals surface area contributed by atoms with Crippen molar-refractivity contribution in [3.05, 3.63) is 59.1 Å². The Balaban J connectivity index is 2.25. The molecule has 2 aromatic rings. The first kappa shape index (κ1) is 18.3. The van der Waals surface area contributed by atoms with Gasteiger partial charge in [0.05, 0.1) is 0 Å². The normalized spacial score (nSPS) is 11.2. The van der Waals surface area contributed by atoms with Crippen LogP contribution in [0.2, 0.25) is 5.02 Å². The molecule has 0 heterocycles. The van der Waals surface area contributed by atoms with Crippen molar-refractivity contribution in [3.63, 3.8) is 0 Å². The number of carbonyl (C=O) groups is 1. The number of anilines is 1. The smallest absolute Gasteiger partial charge is 0.270 e. The second-order valence-corrected chi connectivity index (χ2v) is 6.80. The molecule has 0 aromatic heterocycles. The Morgan fingerprint density at radius 3 is 2.42 bits per heavy atom. The average molecular weight is 346 g/mol. The summed E-state index contributed by atoms with van der Waals surface area (Å²) in [7, 11) is 0. The third kappa shape index (κ3) is 4.51. The molecule has 2 aromatic carbocycles. The fourth-order valence-corrected chi connectivity index (χ4v) is 2.66. The molecule has 0 aliphatic rings. The third-order valence-corrected chi connectivity index (χ3v) is 3.96. The van der Waals surface area contributed by atoms with Crippen molar-refractivity contribution in [3.8, 4) is 5.75 Å². The Kier molecular flexibility index (Phi) is 5.89. The Morgan fingerprint density at radius 1 is 1.17 bits per heavy atom. The van der Waals surface area contributed by atoms with E-state index in [-0.39, 0.29) is 5.91 Å². The molecule has 24 heavy (non-hydrogen) atoms. The molecule has 0 N–H and O–H groups in total. The van der Waals surface area contributed by atoms with Gasteiger partial charge in [0.15, 0.2) is 5.60 Å². The SMILES string of the molecule is CCCN(C(=O)C(C)(C)Oc1ccc(Cl)cc1)c1cccc(C)c1. The van der Waals surface area contributed by atoms with E-state index < -0.39 is 5.60 Å². The number of benzene rings is 2. The largest absolute Gasteiger partial charge is 0.478 e. The number of carbonyl (C=O) groups excluding carboxylic acids is 1. The van der Waals surface area contributed by atoms with Crippen molar-refractivity contribution < 1.29 is 9.53 Å². The summed E-state index contributed by atoms with van der Waals surface area (Å²) in [5.41, 5.74) is 1.04. The molecule has 128 valence electrons. The van der Waals surface area contributed by atoms with Crippen LogP contribution in [-0.4, -0.2) is 18.1 Å². The van der Waals surface area contributed by atoms with E-state index in [2.05, 4.69) is 6.92 Å². The Morgan fingerprint density at radius 2 is 1.83 bits per heavy atom. The third-order valence-electron chi connectivity index (χ3n) is 3.71. The second-order valence-electron chi connectivity index (χ2n) is 6.36. The monoisotopic (exact) mass is 345 g/mol. The standard InChI is InChI=1S/C20H24ClNO2/c1-5-13-22(17-8-6-7-15(2)14-17)19(23)20(3,4)24-18-11-9-16(21)10-12-18/h6-12,14H,5,13H2,1-4H3. The molecular weight excluding hydrogens is 322 g/mol. The summed E-state index contributed by atoms with van der Waals surface area (Å²) >= 11 is 5.90. The highest BCUT2D eigenvalue weighted by Crippen LogP contribution is 2.25. The minimum Gasteiger partial charge on any atom is -0.478 e. The summed E-state index contributed by atoms with van der Waals surface area (Å²) in [6.45, 7) is 8.32. The number of amides is 1. The summed E-state index contributed by atoms with van der Waals surface area (Å²) in [6.07, 6.45) is 0.872. The second kappa shape index (κ2) is 7.71. The lowest BCUT2D eigenvalue weighted by Crippen LogP contribution is -2.49. The van der Waals surface area contributed by atoms with Gasteiger partial charge in [-0.15, -0.1) is 0 Å². The van der Waals surface area contributed by atoms with Crippen molar-refractivity contribution in [1.29, 1.82) is 0 Å². The molecule has 0 fully saturated rings. The molecular formula is C20H24ClNO2. The van der Waals surface area contributed by atoms with Crippen LogP contribution in [-0.2, 0) is 4.79 Å². The van der Waals surface area contributed by atoms with Crippen LogP contribution in [0, 0.1) is 6.92 Å². The van der Waals surface area contributed by atoms with E-state index in [9.17, 15) is 4.79 Å². The highest BCUT2D eigenvalue weighted by molar-refractivity contribution is 6.30. The predicted octanol–water partition coefficient (Wildman–Crippen LogP) is 5.25. The molecule has 2 rings (SSSR count). The molecule has 3 nitrogen and oxygen atoms in total. The molecule has 0 saturated heterocycles. The van der Waals surface area contributed by atoms with Crippen LogP contribution in [0.25, 0.3) is 0 Å². The lowest BCUT2D eigenvalue weighted by molar-refractivity contribution is -0.131. The van der Waals surface area contributed by atoms with Crippen molar-refractivity contribution in [2.45, 2.75) is 39.7 Å². The van der Waals surface area contributed by atoms with Gasteiger partial charge in [-0.2, -0.15) is 0 Å². The summed E-state index contributed by atoms with van der Waals surface area (Å²) in [4.78, 5) is 14.9. The maximum absolute atomic E-state index is 13.1. The van der Waals surface area contributed by atoms with Gasteiger partial charge in [-0.25, -0.2) is 0 Å². The first-order valence-corrected chi connectivity index (χ1v) is 8.54. The maximum atomic E-state index is 13.1. The summed E-state index contributed by atoms with van der Waals surface area (Å²) < 4.78 is 5.95. The highest BCUT2D eigenvalue weighted by Gasteiger charge is 2.34. The molecule has 0 saturated carbocycles. The van der Waals surface area contributed by atoms with Crippen LogP contribution in [0.3, 0.4) is 0 Å². The zero-order chi connectivity index (χ0) is 17.7. The van der Waals surface area contributed by atoms with E-state index in [4.69, 9.17) is 16.3 Å². The molecule has 0 atom stereocenters. The first-order chi connectivity index (χ1) is 11.3. The fourth-order valence-electron chi connectivity index (χ4n) is 2.53. The number of aryl methyl sites for hydroxylation is 1. The van der Waals surface area contributed by atoms with Gasteiger partial charge in [0.2, 0.25) is 0 Å². The van der Waals surface area contributed by atoms with Gasteiger partial charge in [-0.1, -0.05) is 30.7 Å². The van der Waals surface area contributed by atoms with E-state index in [0.717, 1.165) is 17.7 Å². The minimum absolute atomic E-state index is 0.0649. The summed E-state index contributed by atoms with van der Waals surface area (Å²) in [6, 6.07) is 15.0. The summed E-state index contributed by atoms with van der Waals surface area (Å²) in [5.74, 6) is 0.559. The molecule has 0 aliphatic carbocycles. The van der Waals surface area contributed by atoms with E-state index in [1.54, 1.807) is 43.0 Å². The summed E-state index contributed by atoms with van der Waals surface area (Å²) in [5, 5.41) is 0.638. The topological polar surface area (TPSA) is 29.5 Å². The molecule has 0 spiro atoms. The van der Waals surface area contributed by atoms with Crippen molar-refractivity contribution >= 4 is 23.2 Å². The van der Waals surface area contributed by atoms with Gasteiger partial charge in [-0.05, 0) is 69.2 Å². The van der Waals surface area contributed by atoms with Gasteiger partial charge < -0.3 is 9.64 Å². The molecule has 4 heteroatoms. The lowest BCUT2D eigenvalue weighted by atomic mass is 10.1. The van der Waals surface area contributed by atoms with Crippen LogP contribution in [0.1, 0.15) is 32.8 Å². The zero-order valence-corrected chi connectivity index (χ0v) is 15.4. The molecule has 0 bridgehead atoms. The van der Waals surface area contributed by atoms with E-state index in [1.807, 2.05) is 31.2 Å². The maximum Gasteiger partial charge on any atom is 0.270 e. The number of halogens is 1. The van der Waals surface area contributed by atoms with Gasteiger partial charge in [0.1, 0.15) is 5.75 Å². The number of ether oxygens (including phenoxy) is 1. The Labute approximate surface area is 149 Å². The first-order valence-electron chi connectivity index (χ1n) is 8.16. The van der Waals surface area contributed by atoms with Gasteiger partial charge in [-0.3, -0.25) is 4.79 Å². The molecule has 0 aliphatic heterocycles. The lowest BCUT2D eigenvalue weighted by Gasteiger charge is -2.32. The van der Waals surface area contributed by atoms with Crippen molar-refractivity contribution in [2.24, 2.45) is 0 Å². The van der Waals surface area contributed by atoms with Crippen molar-refractivity contribution in [2.75, 3.05) is 11.4 Å². The average Bonchev–Trinajstić information content (AvgIpc) is 2.54. The quantitative estimate of drug-likeness (QED) is 0.715. The number of nitrogens with zero attached hydrogens (tertiary/aromatic N) is 1. The fraction of sp³-hybridized carbons (Fsp3) is 0.350. The predicted molar refractivity (Wildman–Crippen MR) is 100.0 cm³/mol. The highest BCUT2D eigenvalue weighted by atomic mass is 35.5. The zero-order valence-electron chi connectivity index (χ0n) is 14.7. The van der Waals surface area contributed by atoms with E-state index in [0.29, 0.717) is 17.3 Å². The van der Waals surface area contributed by atoms with Gasteiger partial charge in [0, 0.05) is 17.3 Å². The Hall–Kier alpha value is -2.00. The van der Waals surface area contributed by atoms with Crippen LogP contribution in [0.15, 0.2) is 48.5 Å². The number of hydrogen-bond donors (Lipinski definition) is 0. The van der Waals surface area contributed by atoms with Crippen LogP contribution in [0.4, 0.5) is 5.69 Å². The van der Waals surface area contributed by atoms with Crippen LogP contribution >= 0.6 is 11.6 Å². The van der Waals surface area contributed by atoms with Gasteiger partial charge in [0.25, 0.3) is 5.91 Å². The Bertz CT molecular complexity index is 695. The molecule has 0 unspecified atom stereocenters. The number of hydrogen-bond acceptors (Lipinski definition) is 2. The van der Waals surface area contributed by atoms with E-state index >= 15 is 0 Å².